The highest BCUT2D eigenvalue weighted by Crippen LogP contribution is 2.27. The van der Waals surface area contributed by atoms with Gasteiger partial charge < -0.3 is 29.6 Å². The van der Waals surface area contributed by atoms with Gasteiger partial charge in [0.2, 0.25) is 0 Å². The number of ether oxygens (including phenoxy) is 1. The molecule has 2 aliphatic heterocycles. The minimum absolute atomic E-state index is 0.0777. The standard InChI is InChI=1S/C17H22N4O3.C10H11NO2/c1-21(2)8-7-18-6-5-11-3-4-13-12(9-11)10-14(24-13)15-16(22)20-17(23)19-15;1-11-6-7-3-4-8(13-2)5-9(7)10(11)12/h3-4,9-10,15,18H,5-8H2,1-2H3,(H2,19,20,22,23);3-5H,6H2,1-2H3/t15-;/m0./s1. The first-order valence-corrected chi connectivity index (χ1v) is 12.2. The number of methoxy groups -OCH3 is 1. The highest BCUT2D eigenvalue weighted by molar-refractivity contribution is 6.04. The van der Waals surface area contributed by atoms with Gasteiger partial charge >= 0.3 is 6.03 Å². The van der Waals surface area contributed by atoms with E-state index in [0.717, 1.165) is 48.3 Å². The molecule has 1 fully saturated rings. The topological polar surface area (TPSA) is 116 Å². The van der Waals surface area contributed by atoms with Crippen molar-refractivity contribution in [3.63, 3.8) is 0 Å². The molecule has 0 unspecified atom stereocenters. The first-order valence-electron chi connectivity index (χ1n) is 12.2. The summed E-state index contributed by atoms with van der Waals surface area (Å²) in [6, 6.07) is 12.2. The van der Waals surface area contributed by atoms with Crippen LogP contribution in [0.25, 0.3) is 11.0 Å². The van der Waals surface area contributed by atoms with Gasteiger partial charge in [0, 0.05) is 37.6 Å². The second-order valence-corrected chi connectivity index (χ2v) is 9.40. The van der Waals surface area contributed by atoms with Crippen LogP contribution in [0.1, 0.15) is 33.3 Å². The molecule has 37 heavy (non-hydrogen) atoms. The number of likely N-dealkylation sites (N-methyl/N-ethyl adjacent to an activating group) is 1. The van der Waals surface area contributed by atoms with Crippen molar-refractivity contribution in [1.29, 1.82) is 0 Å². The third kappa shape index (κ3) is 6.28. The molecule has 1 aromatic heterocycles. The van der Waals surface area contributed by atoms with Gasteiger partial charge in [-0.25, -0.2) is 4.79 Å². The van der Waals surface area contributed by atoms with Gasteiger partial charge in [-0.1, -0.05) is 12.1 Å². The smallest absolute Gasteiger partial charge is 0.322 e. The van der Waals surface area contributed by atoms with Crippen molar-refractivity contribution >= 4 is 28.8 Å². The molecule has 2 aliphatic rings. The monoisotopic (exact) mass is 507 g/mol. The molecule has 0 radical (unpaired) electrons. The van der Waals surface area contributed by atoms with Gasteiger partial charge in [-0.2, -0.15) is 0 Å². The molecule has 3 N–H and O–H groups in total. The molecule has 0 aliphatic carbocycles. The molecule has 0 spiro atoms. The molecule has 4 amide bonds. The van der Waals surface area contributed by atoms with Crippen molar-refractivity contribution in [2.75, 3.05) is 47.9 Å². The van der Waals surface area contributed by atoms with E-state index in [1.807, 2.05) is 30.3 Å². The zero-order valence-electron chi connectivity index (χ0n) is 21.6. The van der Waals surface area contributed by atoms with Gasteiger partial charge in [-0.05, 0) is 68.5 Å². The number of rotatable bonds is 8. The fourth-order valence-electron chi connectivity index (χ4n) is 4.24. The average Bonchev–Trinajstić information content (AvgIpc) is 3.53. The molecule has 5 rings (SSSR count). The largest absolute Gasteiger partial charge is 0.497 e. The van der Waals surface area contributed by atoms with Crippen LogP contribution in [0, 0.1) is 0 Å². The summed E-state index contributed by atoms with van der Waals surface area (Å²) in [6.45, 7) is 3.59. The lowest BCUT2D eigenvalue weighted by Crippen LogP contribution is -2.27. The summed E-state index contributed by atoms with van der Waals surface area (Å²) in [5.74, 6) is 0.885. The van der Waals surface area contributed by atoms with Crippen LogP contribution in [-0.4, -0.2) is 75.5 Å². The molecule has 3 aromatic rings. The number of fused-ring (bicyclic) bond motifs is 2. The molecule has 1 atom stereocenters. The third-order valence-corrected chi connectivity index (χ3v) is 6.29. The molecule has 1 saturated heterocycles. The Hall–Kier alpha value is -3.89. The Morgan fingerprint density at radius 3 is 2.62 bits per heavy atom. The lowest BCUT2D eigenvalue weighted by atomic mass is 10.1. The number of hydrogen-bond donors (Lipinski definition) is 3. The molecule has 2 aromatic carbocycles. The van der Waals surface area contributed by atoms with Crippen molar-refractivity contribution in [3.8, 4) is 5.75 Å². The van der Waals surface area contributed by atoms with Crippen LogP contribution in [0.15, 0.2) is 46.9 Å². The molecule has 0 saturated carbocycles. The van der Waals surface area contributed by atoms with E-state index in [0.29, 0.717) is 17.9 Å². The van der Waals surface area contributed by atoms with Crippen LogP contribution < -0.4 is 20.7 Å². The van der Waals surface area contributed by atoms with E-state index >= 15 is 0 Å². The first-order chi connectivity index (χ1) is 17.7. The fourth-order valence-corrected chi connectivity index (χ4v) is 4.24. The molecule has 10 nitrogen and oxygen atoms in total. The second kappa shape index (κ2) is 11.4. The quantitative estimate of drug-likeness (QED) is 0.316. The number of nitrogens with zero attached hydrogens (tertiary/aromatic N) is 2. The molecule has 0 bridgehead atoms. The molecule has 196 valence electrons. The minimum Gasteiger partial charge on any atom is -0.497 e. The number of hydrogen-bond acceptors (Lipinski definition) is 7. The van der Waals surface area contributed by atoms with Crippen molar-refractivity contribution in [3.05, 3.63) is 64.9 Å². The number of imide groups is 1. The van der Waals surface area contributed by atoms with E-state index in [-0.39, 0.29) is 11.8 Å². The number of urea groups is 1. The average molecular weight is 508 g/mol. The maximum Gasteiger partial charge on any atom is 0.322 e. The maximum absolute atomic E-state index is 11.7. The van der Waals surface area contributed by atoms with Gasteiger partial charge in [-0.15, -0.1) is 0 Å². The minimum atomic E-state index is -0.749. The highest BCUT2D eigenvalue weighted by Gasteiger charge is 2.33. The zero-order valence-corrected chi connectivity index (χ0v) is 21.6. The van der Waals surface area contributed by atoms with Gasteiger partial charge in [0.25, 0.3) is 11.8 Å². The van der Waals surface area contributed by atoms with E-state index in [1.54, 1.807) is 25.1 Å². The zero-order chi connectivity index (χ0) is 26.5. The van der Waals surface area contributed by atoms with Gasteiger partial charge in [0.15, 0.2) is 6.04 Å². The molecule has 10 heteroatoms. The Morgan fingerprint density at radius 2 is 1.92 bits per heavy atom. The van der Waals surface area contributed by atoms with E-state index in [9.17, 15) is 14.4 Å². The van der Waals surface area contributed by atoms with Crippen LogP contribution >= 0.6 is 0 Å². The van der Waals surface area contributed by atoms with Crippen molar-refractivity contribution in [1.82, 2.24) is 25.8 Å². The summed E-state index contributed by atoms with van der Waals surface area (Å²) in [6.07, 6.45) is 0.921. The summed E-state index contributed by atoms with van der Waals surface area (Å²) in [5.41, 5.74) is 3.76. The van der Waals surface area contributed by atoms with E-state index in [4.69, 9.17) is 9.15 Å². The van der Waals surface area contributed by atoms with Crippen molar-refractivity contribution in [2.45, 2.75) is 19.0 Å². The van der Waals surface area contributed by atoms with Crippen LogP contribution in [0.2, 0.25) is 0 Å². The Morgan fingerprint density at radius 1 is 1.11 bits per heavy atom. The summed E-state index contributed by atoms with van der Waals surface area (Å²) in [5, 5.41) is 9.10. The summed E-state index contributed by atoms with van der Waals surface area (Å²) in [4.78, 5) is 38.3. The second-order valence-electron chi connectivity index (χ2n) is 9.40. The van der Waals surface area contributed by atoms with Crippen LogP contribution in [0.5, 0.6) is 5.75 Å². The third-order valence-electron chi connectivity index (χ3n) is 6.29. The Kier molecular flexibility index (Phi) is 8.10. The molecular weight excluding hydrogens is 474 g/mol. The summed E-state index contributed by atoms with van der Waals surface area (Å²) in [7, 11) is 7.51. The summed E-state index contributed by atoms with van der Waals surface area (Å²) < 4.78 is 10.8. The number of nitrogens with one attached hydrogen (secondary N) is 3. The van der Waals surface area contributed by atoms with Crippen molar-refractivity contribution < 1.29 is 23.5 Å². The van der Waals surface area contributed by atoms with Gasteiger partial charge in [0.05, 0.1) is 7.11 Å². The van der Waals surface area contributed by atoms with Gasteiger partial charge in [0.1, 0.15) is 17.1 Å². The lowest BCUT2D eigenvalue weighted by Gasteiger charge is -2.10. The highest BCUT2D eigenvalue weighted by atomic mass is 16.5. The number of benzene rings is 2. The Labute approximate surface area is 215 Å². The maximum atomic E-state index is 11.7. The van der Waals surface area contributed by atoms with E-state index in [2.05, 4.69) is 41.0 Å². The Bertz CT molecular complexity index is 1300. The molecule has 3 heterocycles. The number of amides is 4. The number of carbonyl (C=O) groups is 3. The van der Waals surface area contributed by atoms with Crippen LogP contribution in [-0.2, 0) is 17.8 Å². The predicted octanol–water partition coefficient (Wildman–Crippen LogP) is 2.29. The number of furan rings is 1. The van der Waals surface area contributed by atoms with Gasteiger partial charge in [-0.3, -0.25) is 14.9 Å². The SMILES string of the molecule is CN(C)CCNCCc1ccc2oc([C@@H]3NC(=O)NC3=O)cc2c1.COc1ccc2c(c1)C(=O)N(C)C2. The van der Waals surface area contributed by atoms with E-state index in [1.165, 1.54) is 5.56 Å². The first kappa shape index (κ1) is 26.2. The summed E-state index contributed by atoms with van der Waals surface area (Å²) >= 11 is 0. The predicted molar refractivity (Wildman–Crippen MR) is 140 cm³/mol. The van der Waals surface area contributed by atoms with Crippen LogP contribution in [0.3, 0.4) is 0 Å². The van der Waals surface area contributed by atoms with Crippen LogP contribution in [0.4, 0.5) is 4.79 Å². The lowest BCUT2D eigenvalue weighted by molar-refractivity contribution is -0.120. The van der Waals surface area contributed by atoms with Crippen molar-refractivity contribution in [2.24, 2.45) is 0 Å². The fraction of sp³-hybridized carbons (Fsp3) is 0.370. The molecular formula is C27H33N5O5. The normalized spacial score (nSPS) is 16.5. The number of carbonyl (C=O) groups excluding carboxylic acids is 3. The Balaban J connectivity index is 0.000000207. The van der Waals surface area contributed by atoms with E-state index < -0.39 is 12.1 Å².